The van der Waals surface area contributed by atoms with Crippen molar-refractivity contribution in [2.24, 2.45) is 11.7 Å². The molecule has 2 rings (SSSR count). The van der Waals surface area contributed by atoms with Crippen molar-refractivity contribution in [3.05, 3.63) is 24.0 Å². The monoisotopic (exact) mass is 235 g/mol. The first-order valence-corrected chi connectivity index (χ1v) is 6.28. The number of hydrogen-bond acceptors (Lipinski definition) is 4. The minimum Gasteiger partial charge on any atom is -0.393 e. The van der Waals surface area contributed by atoms with Gasteiger partial charge in [-0.05, 0) is 37.8 Å². The summed E-state index contributed by atoms with van der Waals surface area (Å²) >= 11 is 0. The normalized spacial score (nSPS) is 19.4. The van der Waals surface area contributed by atoms with Crippen LogP contribution in [0.4, 0.5) is 5.69 Å². The third-order valence-electron chi connectivity index (χ3n) is 3.60. The van der Waals surface area contributed by atoms with Crippen molar-refractivity contribution in [3.8, 4) is 0 Å². The number of piperidine rings is 1. The lowest BCUT2D eigenvalue weighted by atomic mass is 9.92. The van der Waals surface area contributed by atoms with Gasteiger partial charge in [0.2, 0.25) is 0 Å². The fourth-order valence-electron chi connectivity index (χ4n) is 2.41. The highest BCUT2D eigenvalue weighted by Gasteiger charge is 2.22. The van der Waals surface area contributed by atoms with Crippen LogP contribution in [0.1, 0.15) is 25.5 Å². The molecule has 0 bridgehead atoms. The SMILES string of the molecule is CC(O)C1CCN(c2ccnc(CN)c2)CC1. The zero-order valence-electron chi connectivity index (χ0n) is 10.3. The van der Waals surface area contributed by atoms with Crippen LogP contribution < -0.4 is 10.6 Å². The molecule has 1 aliphatic heterocycles. The van der Waals surface area contributed by atoms with E-state index in [1.807, 2.05) is 19.2 Å². The van der Waals surface area contributed by atoms with Crippen LogP contribution in [0.5, 0.6) is 0 Å². The number of pyridine rings is 1. The molecule has 94 valence electrons. The summed E-state index contributed by atoms with van der Waals surface area (Å²) in [5.74, 6) is 0.446. The molecule has 2 heterocycles. The summed E-state index contributed by atoms with van der Waals surface area (Å²) in [7, 11) is 0. The predicted molar refractivity (Wildman–Crippen MR) is 68.7 cm³/mol. The van der Waals surface area contributed by atoms with Gasteiger partial charge in [-0.25, -0.2) is 0 Å². The van der Waals surface area contributed by atoms with E-state index in [4.69, 9.17) is 5.73 Å². The zero-order valence-corrected chi connectivity index (χ0v) is 10.3. The molecule has 1 aliphatic rings. The molecule has 1 aromatic heterocycles. The highest BCUT2D eigenvalue weighted by molar-refractivity contribution is 5.46. The Morgan fingerprint density at radius 3 is 2.82 bits per heavy atom. The molecule has 0 radical (unpaired) electrons. The number of nitrogens with zero attached hydrogens (tertiary/aromatic N) is 2. The molecule has 0 amide bonds. The zero-order chi connectivity index (χ0) is 12.3. The molecule has 0 saturated carbocycles. The van der Waals surface area contributed by atoms with Crippen molar-refractivity contribution in [1.29, 1.82) is 0 Å². The lowest BCUT2D eigenvalue weighted by Crippen LogP contribution is -2.37. The lowest BCUT2D eigenvalue weighted by molar-refractivity contribution is 0.110. The summed E-state index contributed by atoms with van der Waals surface area (Å²) in [5.41, 5.74) is 7.73. The highest BCUT2D eigenvalue weighted by Crippen LogP contribution is 2.25. The standard InChI is InChI=1S/C13H21N3O/c1-10(17)11-3-6-16(7-4-11)13-2-5-15-12(8-13)9-14/h2,5,8,10-11,17H,3-4,6-7,9,14H2,1H3. The molecule has 1 atom stereocenters. The first-order chi connectivity index (χ1) is 8.20. The number of aliphatic hydroxyl groups excluding tert-OH is 1. The average molecular weight is 235 g/mol. The van der Waals surface area contributed by atoms with Crippen LogP contribution in [-0.2, 0) is 6.54 Å². The van der Waals surface area contributed by atoms with Gasteiger partial charge in [0.1, 0.15) is 0 Å². The Morgan fingerprint density at radius 2 is 2.24 bits per heavy atom. The second-order valence-corrected chi connectivity index (χ2v) is 4.77. The van der Waals surface area contributed by atoms with E-state index in [0.29, 0.717) is 12.5 Å². The number of aromatic nitrogens is 1. The Bertz CT molecular complexity index is 359. The fraction of sp³-hybridized carbons (Fsp3) is 0.615. The maximum absolute atomic E-state index is 9.57. The first kappa shape index (κ1) is 12.3. The number of anilines is 1. The van der Waals surface area contributed by atoms with Gasteiger partial charge < -0.3 is 15.7 Å². The first-order valence-electron chi connectivity index (χ1n) is 6.28. The summed E-state index contributed by atoms with van der Waals surface area (Å²) in [6.07, 6.45) is 3.74. The largest absolute Gasteiger partial charge is 0.393 e. The third kappa shape index (κ3) is 2.96. The highest BCUT2D eigenvalue weighted by atomic mass is 16.3. The van der Waals surface area contributed by atoms with Gasteiger partial charge in [0, 0.05) is 31.5 Å². The molecule has 0 aromatic carbocycles. The number of aliphatic hydroxyl groups is 1. The Morgan fingerprint density at radius 1 is 1.53 bits per heavy atom. The smallest absolute Gasteiger partial charge is 0.0560 e. The molecule has 0 aliphatic carbocycles. The summed E-state index contributed by atoms with van der Waals surface area (Å²) < 4.78 is 0. The van der Waals surface area contributed by atoms with Gasteiger partial charge in [-0.3, -0.25) is 4.98 Å². The Labute approximate surface area is 102 Å². The van der Waals surface area contributed by atoms with Crippen LogP contribution in [0.2, 0.25) is 0 Å². The molecule has 1 aromatic rings. The van der Waals surface area contributed by atoms with E-state index in [0.717, 1.165) is 31.6 Å². The molecular formula is C13H21N3O. The fourth-order valence-corrected chi connectivity index (χ4v) is 2.41. The number of hydrogen-bond donors (Lipinski definition) is 2. The van der Waals surface area contributed by atoms with Crippen molar-refractivity contribution in [3.63, 3.8) is 0 Å². The van der Waals surface area contributed by atoms with Gasteiger partial charge in [-0.15, -0.1) is 0 Å². The Kier molecular flexibility index (Phi) is 3.97. The van der Waals surface area contributed by atoms with Crippen molar-refractivity contribution < 1.29 is 5.11 Å². The van der Waals surface area contributed by atoms with Crippen LogP contribution in [0.25, 0.3) is 0 Å². The van der Waals surface area contributed by atoms with E-state index in [1.165, 1.54) is 5.69 Å². The van der Waals surface area contributed by atoms with Crippen LogP contribution in [0, 0.1) is 5.92 Å². The molecule has 4 nitrogen and oxygen atoms in total. The third-order valence-corrected chi connectivity index (χ3v) is 3.60. The topological polar surface area (TPSA) is 62.4 Å². The summed E-state index contributed by atoms with van der Waals surface area (Å²) in [6, 6.07) is 4.09. The minimum absolute atomic E-state index is 0.186. The average Bonchev–Trinajstić information content (AvgIpc) is 2.39. The van der Waals surface area contributed by atoms with Crippen LogP contribution in [0.15, 0.2) is 18.3 Å². The van der Waals surface area contributed by atoms with Gasteiger partial charge in [0.15, 0.2) is 0 Å². The second-order valence-electron chi connectivity index (χ2n) is 4.77. The van der Waals surface area contributed by atoms with Gasteiger partial charge in [0.05, 0.1) is 11.8 Å². The molecule has 3 N–H and O–H groups in total. The Balaban J connectivity index is 2.00. The minimum atomic E-state index is -0.186. The quantitative estimate of drug-likeness (QED) is 0.824. The molecule has 0 spiro atoms. The van der Waals surface area contributed by atoms with E-state index in [2.05, 4.69) is 16.0 Å². The molecule has 17 heavy (non-hydrogen) atoms. The van der Waals surface area contributed by atoms with Gasteiger partial charge in [-0.2, -0.15) is 0 Å². The van der Waals surface area contributed by atoms with E-state index < -0.39 is 0 Å². The molecule has 1 unspecified atom stereocenters. The maximum atomic E-state index is 9.57. The number of nitrogens with two attached hydrogens (primary N) is 1. The summed E-state index contributed by atoms with van der Waals surface area (Å²) in [4.78, 5) is 6.55. The summed E-state index contributed by atoms with van der Waals surface area (Å²) in [6.45, 7) is 4.38. The molecule has 1 saturated heterocycles. The van der Waals surface area contributed by atoms with Crippen LogP contribution in [-0.4, -0.2) is 29.3 Å². The van der Waals surface area contributed by atoms with E-state index in [1.54, 1.807) is 0 Å². The van der Waals surface area contributed by atoms with Gasteiger partial charge in [0.25, 0.3) is 0 Å². The molecule has 4 heteroatoms. The lowest BCUT2D eigenvalue weighted by Gasteiger charge is -2.34. The van der Waals surface area contributed by atoms with Crippen molar-refractivity contribution in [1.82, 2.24) is 4.98 Å². The van der Waals surface area contributed by atoms with Crippen LogP contribution >= 0.6 is 0 Å². The number of rotatable bonds is 3. The Hall–Kier alpha value is -1.13. The van der Waals surface area contributed by atoms with Gasteiger partial charge in [-0.1, -0.05) is 0 Å². The van der Waals surface area contributed by atoms with Crippen LogP contribution in [0.3, 0.4) is 0 Å². The van der Waals surface area contributed by atoms with Crippen molar-refractivity contribution >= 4 is 5.69 Å². The van der Waals surface area contributed by atoms with E-state index in [9.17, 15) is 5.11 Å². The maximum Gasteiger partial charge on any atom is 0.0560 e. The van der Waals surface area contributed by atoms with E-state index in [-0.39, 0.29) is 6.10 Å². The van der Waals surface area contributed by atoms with Crippen molar-refractivity contribution in [2.75, 3.05) is 18.0 Å². The summed E-state index contributed by atoms with van der Waals surface area (Å²) in [5, 5.41) is 9.57. The predicted octanol–water partition coefficient (Wildman–Crippen LogP) is 1.14. The molecule has 1 fully saturated rings. The van der Waals surface area contributed by atoms with E-state index >= 15 is 0 Å². The second kappa shape index (κ2) is 5.47. The van der Waals surface area contributed by atoms with Crippen molar-refractivity contribution in [2.45, 2.75) is 32.4 Å². The molecular weight excluding hydrogens is 214 g/mol. The van der Waals surface area contributed by atoms with Gasteiger partial charge >= 0.3 is 0 Å².